The summed E-state index contributed by atoms with van der Waals surface area (Å²) in [6, 6.07) is 0. The number of rotatable bonds is 7. The van der Waals surface area contributed by atoms with Crippen LogP contribution in [0.3, 0.4) is 0 Å². The van der Waals surface area contributed by atoms with E-state index in [1.165, 1.54) is 37.2 Å². The lowest BCUT2D eigenvalue weighted by atomic mass is 9.92. The van der Waals surface area contributed by atoms with Gasteiger partial charge in [-0.1, -0.05) is 50.9 Å². The summed E-state index contributed by atoms with van der Waals surface area (Å²) in [5.74, 6) is -0.656. The molecule has 0 aromatic carbocycles. The van der Waals surface area contributed by atoms with E-state index in [-0.39, 0.29) is 46.1 Å². The number of amides is 1. The second-order valence-electron chi connectivity index (χ2n) is 8.23. The Morgan fingerprint density at radius 3 is 2.55 bits per heavy atom. The maximum atomic E-state index is 12.7. The molecule has 12 heteroatoms. The van der Waals surface area contributed by atoms with Gasteiger partial charge in [0.1, 0.15) is 21.9 Å². The van der Waals surface area contributed by atoms with E-state index >= 15 is 0 Å². The van der Waals surface area contributed by atoms with Crippen molar-refractivity contribution in [3.05, 3.63) is 50.0 Å². The minimum Gasteiger partial charge on any atom is -0.480 e. The molecule has 33 heavy (non-hydrogen) atoms. The van der Waals surface area contributed by atoms with Crippen molar-refractivity contribution in [2.45, 2.75) is 45.4 Å². The van der Waals surface area contributed by atoms with Gasteiger partial charge in [0, 0.05) is 17.8 Å². The quantitative estimate of drug-likeness (QED) is 0.444. The number of ketones is 1. The average molecular weight is 509 g/mol. The first kappa shape index (κ1) is 24.9. The molecule has 0 radical (unpaired) electrons. The van der Waals surface area contributed by atoms with Crippen molar-refractivity contribution in [1.29, 1.82) is 0 Å². The van der Waals surface area contributed by atoms with Gasteiger partial charge in [0.25, 0.3) is 5.91 Å². The molecule has 0 aliphatic rings. The standard InChI is InChI=1S/C21H22Cl2N6O3S/c1-10(6-12(30)15-14(23)18(32-5)27-9-26-15)19-24-8-13(33-19)17(31)29-20-25-7-11(22)16(28-20)21(2,3)4/h7-10H,6H2,1-5H3,(H,25,28,29,31). The topological polar surface area (TPSA) is 120 Å². The molecule has 1 amide bonds. The number of halogens is 2. The molecular formula is C21H22Cl2N6O3S. The summed E-state index contributed by atoms with van der Waals surface area (Å²) in [5.41, 5.74) is 0.404. The molecular weight excluding hydrogens is 487 g/mol. The highest BCUT2D eigenvalue weighted by Crippen LogP contribution is 2.30. The van der Waals surface area contributed by atoms with E-state index in [9.17, 15) is 9.59 Å². The van der Waals surface area contributed by atoms with Gasteiger partial charge in [-0.2, -0.15) is 0 Å². The maximum Gasteiger partial charge on any atom is 0.269 e. The minimum atomic E-state index is -0.400. The van der Waals surface area contributed by atoms with Crippen molar-refractivity contribution < 1.29 is 14.3 Å². The molecule has 0 aliphatic carbocycles. The number of thiazole rings is 1. The summed E-state index contributed by atoms with van der Waals surface area (Å²) < 4.78 is 5.03. The average Bonchev–Trinajstić information content (AvgIpc) is 3.25. The molecule has 1 N–H and O–H groups in total. The van der Waals surface area contributed by atoms with E-state index in [1.54, 1.807) is 0 Å². The van der Waals surface area contributed by atoms with Crippen LogP contribution in [0.4, 0.5) is 5.95 Å². The zero-order valence-electron chi connectivity index (χ0n) is 18.6. The van der Waals surface area contributed by atoms with Gasteiger partial charge in [0.15, 0.2) is 5.78 Å². The summed E-state index contributed by atoms with van der Waals surface area (Å²) in [4.78, 5) is 46.3. The van der Waals surface area contributed by atoms with Crippen LogP contribution in [0, 0.1) is 0 Å². The first-order chi connectivity index (χ1) is 15.5. The lowest BCUT2D eigenvalue weighted by molar-refractivity contribution is 0.0969. The van der Waals surface area contributed by atoms with Crippen molar-refractivity contribution in [2.24, 2.45) is 0 Å². The summed E-state index contributed by atoms with van der Waals surface area (Å²) in [6.45, 7) is 7.74. The van der Waals surface area contributed by atoms with Crippen molar-refractivity contribution >= 4 is 52.2 Å². The molecule has 0 spiro atoms. The number of nitrogens with zero attached hydrogens (tertiary/aromatic N) is 5. The van der Waals surface area contributed by atoms with Gasteiger partial charge in [-0.25, -0.2) is 24.9 Å². The van der Waals surface area contributed by atoms with Crippen LogP contribution < -0.4 is 10.1 Å². The summed E-state index contributed by atoms with van der Waals surface area (Å²) in [6.07, 6.45) is 4.24. The van der Waals surface area contributed by atoms with Crippen LogP contribution in [0.1, 0.15) is 70.9 Å². The Hall–Kier alpha value is -2.69. The second-order valence-corrected chi connectivity index (χ2v) is 10.1. The van der Waals surface area contributed by atoms with Crippen LogP contribution in [0.15, 0.2) is 18.7 Å². The van der Waals surface area contributed by atoms with Crippen LogP contribution in [0.2, 0.25) is 10.0 Å². The largest absolute Gasteiger partial charge is 0.480 e. The molecule has 0 bridgehead atoms. The SMILES string of the molecule is COc1ncnc(C(=O)CC(C)c2ncc(C(=O)Nc3ncc(Cl)c(C(C)(C)C)n3)s2)c1Cl. The highest BCUT2D eigenvalue weighted by molar-refractivity contribution is 7.13. The molecule has 1 atom stereocenters. The number of hydrogen-bond acceptors (Lipinski definition) is 9. The van der Waals surface area contributed by atoms with Gasteiger partial charge >= 0.3 is 0 Å². The zero-order chi connectivity index (χ0) is 24.3. The fourth-order valence-electron chi connectivity index (χ4n) is 2.89. The van der Waals surface area contributed by atoms with Crippen molar-refractivity contribution in [2.75, 3.05) is 12.4 Å². The predicted octanol–water partition coefficient (Wildman–Crippen LogP) is 4.96. The van der Waals surface area contributed by atoms with E-state index in [0.717, 1.165) is 0 Å². The minimum absolute atomic E-state index is 0.0639. The molecule has 0 saturated carbocycles. The normalized spacial score (nSPS) is 12.3. The van der Waals surface area contributed by atoms with Crippen molar-refractivity contribution in [3.63, 3.8) is 0 Å². The lowest BCUT2D eigenvalue weighted by Crippen LogP contribution is -2.18. The summed E-state index contributed by atoms with van der Waals surface area (Å²) >= 11 is 13.5. The van der Waals surface area contributed by atoms with Crippen LogP contribution in [0.5, 0.6) is 5.88 Å². The van der Waals surface area contributed by atoms with Gasteiger partial charge in [-0.3, -0.25) is 14.9 Å². The van der Waals surface area contributed by atoms with E-state index in [2.05, 4.69) is 30.2 Å². The number of hydrogen-bond donors (Lipinski definition) is 1. The molecule has 3 aromatic heterocycles. The number of carbonyl (C=O) groups is 2. The highest BCUT2D eigenvalue weighted by Gasteiger charge is 2.24. The third-order valence-electron chi connectivity index (χ3n) is 4.56. The van der Waals surface area contributed by atoms with E-state index in [1.807, 2.05) is 27.7 Å². The number of anilines is 1. The molecule has 0 aliphatic heterocycles. The van der Waals surface area contributed by atoms with E-state index < -0.39 is 5.91 Å². The van der Waals surface area contributed by atoms with Crippen molar-refractivity contribution in [1.82, 2.24) is 24.9 Å². The summed E-state index contributed by atoms with van der Waals surface area (Å²) in [7, 11) is 1.41. The number of aromatic nitrogens is 5. The zero-order valence-corrected chi connectivity index (χ0v) is 21.0. The Balaban J connectivity index is 1.70. The Kier molecular flexibility index (Phi) is 7.61. The number of methoxy groups -OCH3 is 1. The van der Waals surface area contributed by atoms with Crippen LogP contribution >= 0.6 is 34.5 Å². The molecule has 1 unspecified atom stereocenters. The number of carbonyl (C=O) groups excluding carboxylic acids is 2. The molecule has 0 fully saturated rings. The Bertz CT molecular complexity index is 1190. The Morgan fingerprint density at radius 1 is 1.15 bits per heavy atom. The Labute approximate surface area is 205 Å². The Morgan fingerprint density at radius 2 is 1.88 bits per heavy atom. The van der Waals surface area contributed by atoms with Crippen LogP contribution in [-0.4, -0.2) is 43.7 Å². The second kappa shape index (κ2) is 10.1. The molecule has 0 saturated heterocycles. The van der Waals surface area contributed by atoms with Gasteiger partial charge in [0.2, 0.25) is 11.8 Å². The fraction of sp³-hybridized carbons (Fsp3) is 0.381. The third-order valence-corrected chi connectivity index (χ3v) is 6.40. The van der Waals surface area contributed by atoms with Crippen molar-refractivity contribution in [3.8, 4) is 5.88 Å². The van der Waals surface area contributed by atoms with E-state index in [4.69, 9.17) is 27.9 Å². The van der Waals surface area contributed by atoms with Gasteiger partial charge in [0.05, 0.1) is 35.2 Å². The monoisotopic (exact) mass is 508 g/mol. The lowest BCUT2D eigenvalue weighted by Gasteiger charge is -2.19. The molecule has 174 valence electrons. The third kappa shape index (κ3) is 5.82. The van der Waals surface area contributed by atoms with Crippen LogP contribution in [0.25, 0.3) is 0 Å². The van der Waals surface area contributed by atoms with Gasteiger partial charge < -0.3 is 4.74 Å². The smallest absolute Gasteiger partial charge is 0.269 e. The first-order valence-corrected chi connectivity index (χ1v) is 11.5. The summed E-state index contributed by atoms with van der Waals surface area (Å²) in [5, 5.41) is 3.79. The van der Waals surface area contributed by atoms with Gasteiger partial charge in [-0.05, 0) is 0 Å². The molecule has 3 heterocycles. The molecule has 9 nitrogen and oxygen atoms in total. The fourth-order valence-corrected chi connectivity index (χ4v) is 4.41. The molecule has 3 aromatic rings. The highest BCUT2D eigenvalue weighted by atomic mass is 35.5. The molecule has 3 rings (SSSR count). The first-order valence-electron chi connectivity index (χ1n) is 9.89. The maximum absolute atomic E-state index is 12.7. The predicted molar refractivity (Wildman–Crippen MR) is 127 cm³/mol. The van der Waals surface area contributed by atoms with Gasteiger partial charge in [-0.15, -0.1) is 11.3 Å². The van der Waals surface area contributed by atoms with Crippen LogP contribution in [-0.2, 0) is 5.41 Å². The number of ether oxygens (including phenoxy) is 1. The number of nitrogens with one attached hydrogen (secondary N) is 1. The number of Topliss-reactive ketones (excluding diaryl/α,β-unsaturated/α-hetero) is 1. The van der Waals surface area contributed by atoms with E-state index in [0.29, 0.717) is 20.6 Å².